The van der Waals surface area contributed by atoms with Crippen LogP contribution in [0.25, 0.3) is 0 Å². The predicted octanol–water partition coefficient (Wildman–Crippen LogP) is 0.611. The van der Waals surface area contributed by atoms with Crippen LogP contribution in [0.2, 0.25) is 0 Å². The second-order valence-electron chi connectivity index (χ2n) is 1.93. The molecule has 0 aliphatic heterocycles. The fraction of sp³-hybridized carbons (Fsp3) is 0. The number of pyridine rings is 1. The summed E-state index contributed by atoms with van der Waals surface area (Å²) in [6, 6.07) is 3.83. The van der Waals surface area contributed by atoms with Gasteiger partial charge in [-0.05, 0) is 12.1 Å². The van der Waals surface area contributed by atoms with Gasteiger partial charge in [0.1, 0.15) is 0 Å². The van der Waals surface area contributed by atoms with Crippen molar-refractivity contribution in [2.24, 2.45) is 0 Å². The predicted molar refractivity (Wildman–Crippen MR) is 37.2 cm³/mol. The molecule has 0 N–H and O–H groups in total. The lowest BCUT2D eigenvalue weighted by Gasteiger charge is -1.92. The maximum atomic E-state index is 12.2. The molecule has 0 unspecified atom stereocenters. The van der Waals surface area contributed by atoms with Crippen LogP contribution in [0.1, 0.15) is 5.56 Å². The summed E-state index contributed by atoms with van der Waals surface area (Å²) in [7, 11) is -4.80. The van der Waals surface area contributed by atoms with E-state index in [1.165, 1.54) is 6.07 Å². The van der Waals surface area contributed by atoms with Crippen LogP contribution in [0.5, 0.6) is 0 Å². The van der Waals surface area contributed by atoms with Crippen LogP contribution in [0, 0.1) is 11.3 Å². The normalized spacial score (nSPS) is 10.7. The van der Waals surface area contributed by atoms with Crippen molar-refractivity contribution in [1.29, 1.82) is 5.26 Å². The highest BCUT2D eigenvalue weighted by Crippen LogP contribution is 2.09. The number of hydrogen-bond acceptors (Lipinski definition) is 4. The van der Waals surface area contributed by atoms with Gasteiger partial charge in [-0.25, -0.2) is 4.98 Å². The fourth-order valence-corrected chi connectivity index (χ4v) is 1.07. The van der Waals surface area contributed by atoms with Gasteiger partial charge in [-0.1, -0.05) is 3.89 Å². The van der Waals surface area contributed by atoms with Crippen molar-refractivity contribution in [3.05, 3.63) is 23.9 Å². The molecule has 0 aromatic carbocycles. The molecule has 0 fully saturated rings. The second-order valence-corrected chi connectivity index (χ2v) is 3.23. The minimum atomic E-state index is -4.80. The standard InChI is InChI=1S/C6H3FN2O2S/c7-12(10,11)6-3-5(4-8)1-2-9-6/h1-3H. The average Bonchev–Trinajstić information content (AvgIpc) is 2.03. The Labute approximate surface area is 68.5 Å². The molecule has 0 spiro atoms. The number of nitriles is 1. The van der Waals surface area contributed by atoms with E-state index in [0.717, 1.165) is 12.3 Å². The van der Waals surface area contributed by atoms with Crippen molar-refractivity contribution in [2.75, 3.05) is 0 Å². The van der Waals surface area contributed by atoms with Crippen LogP contribution in [0.4, 0.5) is 3.89 Å². The highest BCUT2D eigenvalue weighted by atomic mass is 32.3. The van der Waals surface area contributed by atoms with Crippen molar-refractivity contribution in [3.8, 4) is 6.07 Å². The monoisotopic (exact) mass is 186 g/mol. The van der Waals surface area contributed by atoms with Crippen LogP contribution in [0.3, 0.4) is 0 Å². The summed E-state index contributed by atoms with van der Waals surface area (Å²) in [5.74, 6) is 0. The average molecular weight is 186 g/mol. The molecule has 0 aliphatic rings. The van der Waals surface area contributed by atoms with Gasteiger partial charge in [0.2, 0.25) is 0 Å². The van der Waals surface area contributed by atoms with Gasteiger partial charge in [-0.15, -0.1) is 0 Å². The Morgan fingerprint density at radius 3 is 2.75 bits per heavy atom. The van der Waals surface area contributed by atoms with Crippen LogP contribution in [-0.4, -0.2) is 13.4 Å². The fourth-order valence-electron chi connectivity index (χ4n) is 0.612. The van der Waals surface area contributed by atoms with Crippen LogP contribution in [-0.2, 0) is 10.2 Å². The number of nitrogens with zero attached hydrogens (tertiary/aromatic N) is 2. The van der Waals surface area contributed by atoms with E-state index in [9.17, 15) is 12.3 Å². The number of hydrogen-bond donors (Lipinski definition) is 0. The topological polar surface area (TPSA) is 70.8 Å². The Hall–Kier alpha value is -1.48. The first-order valence-corrected chi connectivity index (χ1v) is 4.23. The van der Waals surface area contributed by atoms with Crippen LogP contribution in [0.15, 0.2) is 23.4 Å². The Bertz CT molecular complexity index is 435. The zero-order valence-electron chi connectivity index (χ0n) is 5.73. The van der Waals surface area contributed by atoms with Gasteiger partial charge in [-0.2, -0.15) is 13.7 Å². The van der Waals surface area contributed by atoms with Crippen molar-refractivity contribution in [3.63, 3.8) is 0 Å². The van der Waals surface area contributed by atoms with E-state index in [0.29, 0.717) is 0 Å². The lowest BCUT2D eigenvalue weighted by atomic mass is 10.3. The van der Waals surface area contributed by atoms with Crippen molar-refractivity contribution in [1.82, 2.24) is 4.98 Å². The van der Waals surface area contributed by atoms with Gasteiger partial charge in [0, 0.05) is 6.20 Å². The maximum absolute atomic E-state index is 12.2. The van der Waals surface area contributed by atoms with Gasteiger partial charge in [0.25, 0.3) is 0 Å². The van der Waals surface area contributed by atoms with E-state index in [4.69, 9.17) is 5.26 Å². The summed E-state index contributed by atoms with van der Waals surface area (Å²) >= 11 is 0. The van der Waals surface area contributed by atoms with E-state index in [1.54, 1.807) is 6.07 Å². The van der Waals surface area contributed by atoms with Gasteiger partial charge in [0.05, 0.1) is 11.6 Å². The van der Waals surface area contributed by atoms with E-state index in [2.05, 4.69) is 4.98 Å². The molecule has 0 radical (unpaired) electrons. The number of rotatable bonds is 1. The first-order valence-electron chi connectivity index (χ1n) is 2.85. The minimum Gasteiger partial charge on any atom is -0.242 e. The summed E-state index contributed by atoms with van der Waals surface area (Å²) in [4.78, 5) is 3.24. The van der Waals surface area contributed by atoms with Crippen LogP contribution < -0.4 is 0 Å². The third kappa shape index (κ3) is 1.77. The zero-order chi connectivity index (χ0) is 9.19. The molecule has 0 saturated carbocycles. The Morgan fingerprint density at radius 1 is 1.58 bits per heavy atom. The Balaban J connectivity index is 3.32. The molecule has 0 aliphatic carbocycles. The molecule has 62 valence electrons. The first kappa shape index (κ1) is 8.62. The summed E-state index contributed by atoms with van der Waals surface area (Å²) in [6.45, 7) is 0. The Morgan fingerprint density at radius 2 is 2.25 bits per heavy atom. The molecule has 4 nitrogen and oxygen atoms in total. The smallest absolute Gasteiger partial charge is 0.242 e. The maximum Gasteiger partial charge on any atom is 0.349 e. The van der Waals surface area contributed by atoms with E-state index < -0.39 is 15.2 Å². The number of aromatic nitrogens is 1. The second kappa shape index (κ2) is 2.87. The molecule has 0 amide bonds. The highest BCUT2D eigenvalue weighted by molar-refractivity contribution is 7.86. The number of halogens is 1. The van der Waals surface area contributed by atoms with Gasteiger partial charge in [-0.3, -0.25) is 0 Å². The van der Waals surface area contributed by atoms with E-state index in [-0.39, 0.29) is 5.56 Å². The third-order valence-electron chi connectivity index (χ3n) is 1.11. The largest absolute Gasteiger partial charge is 0.349 e. The zero-order valence-corrected chi connectivity index (χ0v) is 6.55. The summed E-state index contributed by atoms with van der Waals surface area (Å²) in [5.41, 5.74) is 0.0567. The lowest BCUT2D eigenvalue weighted by molar-refractivity contribution is 0.548. The molecule has 1 rings (SSSR count). The molecule has 0 bridgehead atoms. The van der Waals surface area contributed by atoms with Gasteiger partial charge < -0.3 is 0 Å². The third-order valence-corrected chi connectivity index (χ3v) is 1.84. The first-order chi connectivity index (χ1) is 5.54. The van der Waals surface area contributed by atoms with Crippen molar-refractivity contribution < 1.29 is 12.3 Å². The summed E-state index contributed by atoms with van der Waals surface area (Å²) in [5, 5.41) is 7.60. The van der Waals surface area contributed by atoms with Crippen molar-refractivity contribution >= 4 is 10.2 Å². The quantitative estimate of drug-likeness (QED) is 0.602. The Kier molecular flexibility index (Phi) is 2.06. The molecular formula is C6H3FN2O2S. The minimum absolute atomic E-state index is 0.0567. The van der Waals surface area contributed by atoms with E-state index >= 15 is 0 Å². The van der Waals surface area contributed by atoms with E-state index in [1.807, 2.05) is 0 Å². The molecule has 0 saturated heterocycles. The lowest BCUT2D eigenvalue weighted by Crippen LogP contribution is -1.95. The molecule has 1 aromatic rings. The molecule has 1 heterocycles. The van der Waals surface area contributed by atoms with Gasteiger partial charge >= 0.3 is 10.2 Å². The summed E-state index contributed by atoms with van der Waals surface area (Å²) < 4.78 is 32.8. The molecule has 6 heteroatoms. The molecule has 1 aromatic heterocycles. The molecule has 0 atom stereocenters. The van der Waals surface area contributed by atoms with Gasteiger partial charge in [0.15, 0.2) is 5.03 Å². The molecule has 12 heavy (non-hydrogen) atoms. The van der Waals surface area contributed by atoms with Crippen LogP contribution >= 0.6 is 0 Å². The SMILES string of the molecule is N#Cc1ccnc(S(=O)(=O)F)c1. The summed E-state index contributed by atoms with van der Waals surface area (Å²) in [6.07, 6.45) is 1.06. The van der Waals surface area contributed by atoms with Crippen molar-refractivity contribution in [2.45, 2.75) is 5.03 Å². The highest BCUT2D eigenvalue weighted by Gasteiger charge is 2.13. The molecular weight excluding hydrogens is 183 g/mol.